The Kier molecular flexibility index (Phi) is 4.24. The molecule has 5 heteroatoms. The number of anilines is 2. The van der Waals surface area contributed by atoms with Gasteiger partial charge in [0.15, 0.2) is 0 Å². The SMILES string of the molecule is CC(Nc1ncc(N)cc1Br)c1ccc(Br)cc1. The van der Waals surface area contributed by atoms with E-state index in [-0.39, 0.29) is 6.04 Å². The van der Waals surface area contributed by atoms with Gasteiger partial charge >= 0.3 is 0 Å². The van der Waals surface area contributed by atoms with Crippen molar-refractivity contribution in [3.8, 4) is 0 Å². The Hall–Kier alpha value is -1.07. The summed E-state index contributed by atoms with van der Waals surface area (Å²) in [6, 6.07) is 10.2. The normalized spacial score (nSPS) is 12.2. The van der Waals surface area contributed by atoms with Gasteiger partial charge in [-0.25, -0.2) is 4.98 Å². The summed E-state index contributed by atoms with van der Waals surface area (Å²) in [7, 11) is 0. The fourth-order valence-electron chi connectivity index (χ4n) is 1.60. The van der Waals surface area contributed by atoms with Gasteiger partial charge in [-0.2, -0.15) is 0 Å². The minimum absolute atomic E-state index is 0.172. The van der Waals surface area contributed by atoms with E-state index < -0.39 is 0 Å². The molecule has 3 nitrogen and oxygen atoms in total. The number of pyridine rings is 1. The average Bonchev–Trinajstić information content (AvgIpc) is 2.33. The second-order valence-electron chi connectivity index (χ2n) is 4.02. The molecule has 0 radical (unpaired) electrons. The van der Waals surface area contributed by atoms with E-state index in [1.165, 1.54) is 5.56 Å². The highest BCUT2D eigenvalue weighted by molar-refractivity contribution is 9.10. The van der Waals surface area contributed by atoms with E-state index in [2.05, 4.69) is 61.2 Å². The van der Waals surface area contributed by atoms with Gasteiger partial charge < -0.3 is 11.1 Å². The van der Waals surface area contributed by atoms with Crippen LogP contribution in [0.1, 0.15) is 18.5 Å². The third kappa shape index (κ3) is 3.23. The number of hydrogen-bond donors (Lipinski definition) is 2. The molecule has 0 bridgehead atoms. The third-order valence-electron chi connectivity index (χ3n) is 2.59. The van der Waals surface area contributed by atoms with Crippen LogP contribution in [0, 0.1) is 0 Å². The van der Waals surface area contributed by atoms with Crippen molar-refractivity contribution in [1.82, 2.24) is 4.98 Å². The lowest BCUT2D eigenvalue weighted by atomic mass is 10.1. The number of aromatic nitrogens is 1. The summed E-state index contributed by atoms with van der Waals surface area (Å²) >= 11 is 6.87. The van der Waals surface area contributed by atoms with Crippen LogP contribution in [0.3, 0.4) is 0 Å². The highest BCUT2D eigenvalue weighted by Gasteiger charge is 2.08. The number of nitrogen functional groups attached to an aromatic ring is 1. The summed E-state index contributed by atoms with van der Waals surface area (Å²) in [5.74, 6) is 0.791. The number of nitrogens with one attached hydrogen (secondary N) is 1. The molecule has 1 aromatic carbocycles. The fourth-order valence-corrected chi connectivity index (χ4v) is 2.34. The monoisotopic (exact) mass is 369 g/mol. The Bertz CT molecular complexity index is 540. The van der Waals surface area contributed by atoms with E-state index in [1.807, 2.05) is 18.2 Å². The maximum absolute atomic E-state index is 5.66. The predicted octanol–water partition coefficient (Wildman–Crippen LogP) is 4.36. The molecule has 0 fully saturated rings. The molecule has 1 aromatic heterocycles. The maximum Gasteiger partial charge on any atom is 0.140 e. The lowest BCUT2D eigenvalue weighted by Crippen LogP contribution is -2.08. The molecule has 2 rings (SSSR count). The molecule has 0 saturated carbocycles. The first-order valence-corrected chi connectivity index (χ1v) is 7.08. The van der Waals surface area contributed by atoms with E-state index in [1.54, 1.807) is 6.20 Å². The number of rotatable bonds is 3. The highest BCUT2D eigenvalue weighted by atomic mass is 79.9. The van der Waals surface area contributed by atoms with Gasteiger partial charge in [0, 0.05) is 10.5 Å². The first kappa shape index (κ1) is 13.4. The fraction of sp³-hybridized carbons (Fsp3) is 0.154. The average molecular weight is 371 g/mol. The molecule has 18 heavy (non-hydrogen) atoms. The molecule has 0 aliphatic heterocycles. The van der Waals surface area contributed by atoms with Crippen LogP contribution in [0.25, 0.3) is 0 Å². The Morgan fingerprint density at radius 3 is 2.50 bits per heavy atom. The van der Waals surface area contributed by atoms with Crippen LogP contribution in [-0.4, -0.2) is 4.98 Å². The Morgan fingerprint density at radius 2 is 1.89 bits per heavy atom. The van der Waals surface area contributed by atoms with Gasteiger partial charge in [-0.1, -0.05) is 28.1 Å². The van der Waals surface area contributed by atoms with Crippen LogP contribution in [0.4, 0.5) is 11.5 Å². The molecule has 0 saturated heterocycles. The molecule has 1 heterocycles. The summed E-state index contributed by atoms with van der Waals surface area (Å²) in [6.07, 6.45) is 1.64. The topological polar surface area (TPSA) is 50.9 Å². The highest BCUT2D eigenvalue weighted by Crippen LogP contribution is 2.26. The zero-order valence-electron chi connectivity index (χ0n) is 9.82. The molecule has 0 aliphatic carbocycles. The van der Waals surface area contributed by atoms with Crippen LogP contribution in [0.5, 0.6) is 0 Å². The van der Waals surface area contributed by atoms with E-state index >= 15 is 0 Å². The molecular weight excluding hydrogens is 358 g/mol. The van der Waals surface area contributed by atoms with Crippen LogP contribution in [0.2, 0.25) is 0 Å². The molecule has 0 aliphatic rings. The summed E-state index contributed by atoms with van der Waals surface area (Å²) in [5.41, 5.74) is 7.50. The van der Waals surface area contributed by atoms with E-state index in [0.29, 0.717) is 5.69 Å². The van der Waals surface area contributed by atoms with Gasteiger partial charge in [-0.3, -0.25) is 0 Å². The number of hydrogen-bond acceptors (Lipinski definition) is 3. The van der Waals surface area contributed by atoms with Crippen LogP contribution < -0.4 is 11.1 Å². The first-order valence-electron chi connectivity index (χ1n) is 5.49. The summed E-state index contributed by atoms with van der Waals surface area (Å²) in [6.45, 7) is 2.09. The molecule has 0 amide bonds. The van der Waals surface area contributed by atoms with Crippen molar-refractivity contribution in [2.75, 3.05) is 11.1 Å². The number of nitrogens with zero attached hydrogens (tertiary/aromatic N) is 1. The maximum atomic E-state index is 5.66. The molecule has 94 valence electrons. The van der Waals surface area contributed by atoms with Crippen molar-refractivity contribution in [3.63, 3.8) is 0 Å². The van der Waals surface area contributed by atoms with Crippen LogP contribution in [0.15, 0.2) is 45.5 Å². The summed E-state index contributed by atoms with van der Waals surface area (Å²) in [4.78, 5) is 4.27. The van der Waals surface area contributed by atoms with Gasteiger partial charge in [0.25, 0.3) is 0 Å². The Labute approximate surface area is 123 Å². The third-order valence-corrected chi connectivity index (χ3v) is 3.72. The Balaban J connectivity index is 2.15. The molecule has 1 atom stereocenters. The lowest BCUT2D eigenvalue weighted by Gasteiger charge is -2.16. The minimum Gasteiger partial charge on any atom is -0.397 e. The van der Waals surface area contributed by atoms with Gasteiger partial charge in [-0.05, 0) is 46.6 Å². The molecule has 2 aromatic rings. The van der Waals surface area contributed by atoms with Crippen LogP contribution >= 0.6 is 31.9 Å². The smallest absolute Gasteiger partial charge is 0.140 e. The van der Waals surface area contributed by atoms with Crippen molar-refractivity contribution < 1.29 is 0 Å². The van der Waals surface area contributed by atoms with Gasteiger partial charge in [0.05, 0.1) is 16.4 Å². The second-order valence-corrected chi connectivity index (χ2v) is 5.79. The zero-order chi connectivity index (χ0) is 13.1. The quantitative estimate of drug-likeness (QED) is 0.843. The molecular formula is C13H13Br2N3. The van der Waals surface area contributed by atoms with Gasteiger partial charge in [-0.15, -0.1) is 0 Å². The van der Waals surface area contributed by atoms with Crippen molar-refractivity contribution >= 4 is 43.4 Å². The zero-order valence-corrected chi connectivity index (χ0v) is 13.0. The van der Waals surface area contributed by atoms with Gasteiger partial charge in [0.2, 0.25) is 0 Å². The molecule has 1 unspecified atom stereocenters. The predicted molar refractivity (Wildman–Crippen MR) is 82.5 cm³/mol. The second kappa shape index (κ2) is 5.71. The van der Waals surface area contributed by atoms with Crippen molar-refractivity contribution in [2.24, 2.45) is 0 Å². The van der Waals surface area contributed by atoms with E-state index in [4.69, 9.17) is 5.73 Å². The van der Waals surface area contributed by atoms with Crippen molar-refractivity contribution in [2.45, 2.75) is 13.0 Å². The minimum atomic E-state index is 0.172. The Morgan fingerprint density at radius 1 is 1.22 bits per heavy atom. The number of benzene rings is 1. The number of nitrogens with two attached hydrogens (primary N) is 1. The largest absolute Gasteiger partial charge is 0.397 e. The summed E-state index contributed by atoms with van der Waals surface area (Å²) in [5, 5.41) is 3.34. The summed E-state index contributed by atoms with van der Waals surface area (Å²) < 4.78 is 1.94. The van der Waals surface area contributed by atoms with Crippen molar-refractivity contribution in [1.29, 1.82) is 0 Å². The first-order chi connectivity index (χ1) is 8.56. The van der Waals surface area contributed by atoms with Gasteiger partial charge in [0.1, 0.15) is 5.82 Å². The van der Waals surface area contributed by atoms with E-state index in [9.17, 15) is 0 Å². The molecule has 0 spiro atoms. The number of halogens is 2. The standard InChI is InChI=1S/C13H13Br2N3/c1-8(9-2-4-10(14)5-3-9)18-13-12(15)6-11(16)7-17-13/h2-8H,16H2,1H3,(H,17,18). The lowest BCUT2D eigenvalue weighted by molar-refractivity contribution is 0.873. The molecule has 3 N–H and O–H groups in total. The van der Waals surface area contributed by atoms with E-state index in [0.717, 1.165) is 14.8 Å². The van der Waals surface area contributed by atoms with Crippen molar-refractivity contribution in [3.05, 3.63) is 51.0 Å². The van der Waals surface area contributed by atoms with Crippen LogP contribution in [-0.2, 0) is 0 Å².